The fraction of sp³-hybridized carbons (Fsp3) is 0.909. The Hall–Kier alpha value is -0.570. The van der Waals surface area contributed by atoms with E-state index in [1.165, 1.54) is 6.54 Å². The smallest absolute Gasteiger partial charge is 0.222 e. The number of carbonyl (C=O) groups excluding carboxylic acids is 1. The third-order valence-electron chi connectivity index (χ3n) is 3.20. The first-order valence-corrected chi connectivity index (χ1v) is 5.68. The molecule has 0 N–H and O–H groups in total. The maximum Gasteiger partial charge on any atom is 0.222 e. The lowest BCUT2D eigenvalue weighted by molar-refractivity contribution is -0.130. The molecule has 2 saturated heterocycles. The van der Waals surface area contributed by atoms with Gasteiger partial charge in [0, 0.05) is 38.6 Å². The fourth-order valence-electron chi connectivity index (χ4n) is 2.61. The largest absolute Gasteiger partial charge is 0.337 e. The molecule has 0 aliphatic carbocycles. The van der Waals surface area contributed by atoms with E-state index in [0.717, 1.165) is 38.4 Å². The molecule has 0 saturated carbocycles. The van der Waals surface area contributed by atoms with Crippen molar-refractivity contribution in [3.63, 3.8) is 0 Å². The van der Waals surface area contributed by atoms with Crippen molar-refractivity contribution in [1.29, 1.82) is 0 Å². The van der Waals surface area contributed by atoms with Crippen molar-refractivity contribution in [2.75, 3.05) is 26.2 Å². The molecular weight excluding hydrogens is 176 g/mol. The van der Waals surface area contributed by atoms with Crippen LogP contribution in [0.1, 0.15) is 26.7 Å². The van der Waals surface area contributed by atoms with Gasteiger partial charge in [0.1, 0.15) is 0 Å². The van der Waals surface area contributed by atoms with Crippen LogP contribution in [0.2, 0.25) is 0 Å². The number of amides is 1. The Balaban J connectivity index is 1.89. The normalized spacial score (nSPS) is 28.6. The van der Waals surface area contributed by atoms with E-state index in [1.54, 1.807) is 0 Å². The monoisotopic (exact) mass is 196 g/mol. The van der Waals surface area contributed by atoms with Crippen molar-refractivity contribution < 1.29 is 4.79 Å². The minimum absolute atomic E-state index is 0.374. The molecule has 1 unspecified atom stereocenters. The number of nitrogens with zero attached hydrogens (tertiary/aromatic N) is 2. The average Bonchev–Trinajstić information content (AvgIpc) is 2.46. The lowest BCUT2D eigenvalue weighted by Crippen LogP contribution is -2.52. The SMILES string of the molecule is CC(C)CN1CCN2C(=O)CCC2C1. The van der Waals surface area contributed by atoms with Gasteiger partial charge in [0.05, 0.1) is 0 Å². The van der Waals surface area contributed by atoms with Crippen LogP contribution in [0.5, 0.6) is 0 Å². The number of carbonyl (C=O) groups is 1. The molecule has 80 valence electrons. The van der Waals surface area contributed by atoms with Gasteiger partial charge in [-0.15, -0.1) is 0 Å². The van der Waals surface area contributed by atoms with Crippen LogP contribution in [0, 0.1) is 5.92 Å². The molecule has 3 heteroatoms. The second-order valence-electron chi connectivity index (χ2n) is 4.93. The van der Waals surface area contributed by atoms with E-state index >= 15 is 0 Å². The van der Waals surface area contributed by atoms with Gasteiger partial charge < -0.3 is 4.90 Å². The summed E-state index contributed by atoms with van der Waals surface area (Å²) in [5.74, 6) is 1.11. The van der Waals surface area contributed by atoms with E-state index < -0.39 is 0 Å². The van der Waals surface area contributed by atoms with Crippen LogP contribution in [0.25, 0.3) is 0 Å². The van der Waals surface area contributed by atoms with Gasteiger partial charge in [-0.3, -0.25) is 9.69 Å². The van der Waals surface area contributed by atoms with Crippen molar-refractivity contribution in [1.82, 2.24) is 9.80 Å². The van der Waals surface area contributed by atoms with E-state index in [-0.39, 0.29) is 0 Å². The van der Waals surface area contributed by atoms with Crippen molar-refractivity contribution in [3.05, 3.63) is 0 Å². The van der Waals surface area contributed by atoms with Crippen LogP contribution in [0.15, 0.2) is 0 Å². The zero-order chi connectivity index (χ0) is 10.1. The molecule has 0 radical (unpaired) electrons. The Kier molecular flexibility index (Phi) is 2.77. The molecule has 2 aliphatic rings. The van der Waals surface area contributed by atoms with E-state index in [4.69, 9.17) is 0 Å². The average molecular weight is 196 g/mol. The van der Waals surface area contributed by atoms with Crippen molar-refractivity contribution in [2.24, 2.45) is 5.92 Å². The summed E-state index contributed by atoms with van der Waals surface area (Å²) in [6, 6.07) is 0.523. The molecule has 0 aromatic carbocycles. The molecule has 1 amide bonds. The van der Waals surface area contributed by atoms with E-state index in [0.29, 0.717) is 11.9 Å². The van der Waals surface area contributed by atoms with Crippen molar-refractivity contribution in [3.8, 4) is 0 Å². The lowest BCUT2D eigenvalue weighted by atomic mass is 10.1. The second-order valence-corrected chi connectivity index (χ2v) is 4.93. The predicted octanol–water partition coefficient (Wildman–Crippen LogP) is 0.949. The zero-order valence-corrected chi connectivity index (χ0v) is 9.20. The molecule has 0 spiro atoms. The summed E-state index contributed by atoms with van der Waals surface area (Å²) in [7, 11) is 0. The predicted molar refractivity (Wildman–Crippen MR) is 56.0 cm³/mol. The Bertz CT molecular complexity index is 227. The molecular formula is C11H20N2O. The van der Waals surface area contributed by atoms with E-state index in [2.05, 4.69) is 23.6 Å². The van der Waals surface area contributed by atoms with Crippen molar-refractivity contribution in [2.45, 2.75) is 32.7 Å². The third-order valence-corrected chi connectivity index (χ3v) is 3.20. The maximum atomic E-state index is 11.4. The highest BCUT2D eigenvalue weighted by molar-refractivity contribution is 5.78. The summed E-state index contributed by atoms with van der Waals surface area (Å²) in [5.41, 5.74) is 0. The van der Waals surface area contributed by atoms with Crippen LogP contribution >= 0.6 is 0 Å². The standard InChI is InChI=1S/C11H20N2O/c1-9(2)7-12-5-6-13-10(8-12)3-4-11(13)14/h9-10H,3-8H2,1-2H3. The second kappa shape index (κ2) is 3.89. The fourth-order valence-corrected chi connectivity index (χ4v) is 2.61. The Morgan fingerprint density at radius 1 is 1.43 bits per heavy atom. The van der Waals surface area contributed by atoms with Crippen molar-refractivity contribution >= 4 is 5.91 Å². The van der Waals surface area contributed by atoms with Gasteiger partial charge in [-0.25, -0.2) is 0 Å². The van der Waals surface area contributed by atoms with Gasteiger partial charge >= 0.3 is 0 Å². The molecule has 3 nitrogen and oxygen atoms in total. The Morgan fingerprint density at radius 2 is 2.21 bits per heavy atom. The van der Waals surface area contributed by atoms with Crippen LogP contribution in [-0.4, -0.2) is 47.9 Å². The number of hydrogen-bond acceptors (Lipinski definition) is 2. The number of piperazine rings is 1. The highest BCUT2D eigenvalue weighted by Gasteiger charge is 2.35. The van der Waals surface area contributed by atoms with Crippen LogP contribution in [-0.2, 0) is 4.79 Å². The molecule has 2 rings (SSSR count). The van der Waals surface area contributed by atoms with Crippen LogP contribution < -0.4 is 0 Å². The number of fused-ring (bicyclic) bond motifs is 1. The number of hydrogen-bond donors (Lipinski definition) is 0. The van der Waals surface area contributed by atoms with Gasteiger partial charge in [-0.1, -0.05) is 13.8 Å². The summed E-state index contributed by atoms with van der Waals surface area (Å²) in [5, 5.41) is 0. The molecule has 2 heterocycles. The molecule has 1 atom stereocenters. The number of rotatable bonds is 2. The summed E-state index contributed by atoms with van der Waals surface area (Å²) < 4.78 is 0. The summed E-state index contributed by atoms with van der Waals surface area (Å²) in [4.78, 5) is 16.0. The van der Waals surface area contributed by atoms with E-state index in [1.807, 2.05) is 0 Å². The van der Waals surface area contributed by atoms with Crippen LogP contribution in [0.4, 0.5) is 0 Å². The summed E-state index contributed by atoms with van der Waals surface area (Å²) in [6.45, 7) is 8.82. The maximum absolute atomic E-state index is 11.4. The Labute approximate surface area is 86.1 Å². The molecule has 0 aromatic heterocycles. The molecule has 0 bridgehead atoms. The molecule has 2 fully saturated rings. The summed E-state index contributed by atoms with van der Waals surface area (Å²) >= 11 is 0. The van der Waals surface area contributed by atoms with E-state index in [9.17, 15) is 4.79 Å². The first-order chi connectivity index (χ1) is 6.66. The lowest BCUT2D eigenvalue weighted by Gasteiger charge is -2.38. The minimum Gasteiger partial charge on any atom is -0.337 e. The molecule has 14 heavy (non-hydrogen) atoms. The highest BCUT2D eigenvalue weighted by Crippen LogP contribution is 2.22. The molecule has 2 aliphatic heterocycles. The van der Waals surface area contributed by atoms with Gasteiger partial charge in [0.15, 0.2) is 0 Å². The van der Waals surface area contributed by atoms with Gasteiger partial charge in [0.2, 0.25) is 5.91 Å². The first kappa shape index (κ1) is 9.97. The summed E-state index contributed by atoms with van der Waals surface area (Å²) in [6.07, 6.45) is 1.85. The van der Waals surface area contributed by atoms with Gasteiger partial charge in [-0.2, -0.15) is 0 Å². The highest BCUT2D eigenvalue weighted by atomic mass is 16.2. The minimum atomic E-state index is 0.374. The topological polar surface area (TPSA) is 23.6 Å². The third kappa shape index (κ3) is 1.92. The quantitative estimate of drug-likeness (QED) is 0.656. The zero-order valence-electron chi connectivity index (χ0n) is 9.20. The van der Waals surface area contributed by atoms with Crippen LogP contribution in [0.3, 0.4) is 0 Å². The molecule has 0 aromatic rings. The van der Waals surface area contributed by atoms with Gasteiger partial charge in [0.25, 0.3) is 0 Å². The first-order valence-electron chi connectivity index (χ1n) is 5.68. The Morgan fingerprint density at radius 3 is 2.93 bits per heavy atom. The van der Waals surface area contributed by atoms with Gasteiger partial charge in [-0.05, 0) is 12.3 Å².